The first-order valence-corrected chi connectivity index (χ1v) is 5.58. The molecule has 0 rings (SSSR count). The van der Waals surface area contributed by atoms with Crippen LogP contribution < -0.4 is 0 Å². The first-order chi connectivity index (χ1) is 8.29. The smallest absolute Gasteiger partial charge is 0.302 e. The van der Waals surface area contributed by atoms with Crippen molar-refractivity contribution in [2.75, 3.05) is 6.61 Å². The first kappa shape index (κ1) is 18.5. The van der Waals surface area contributed by atoms with Crippen molar-refractivity contribution in [3.8, 4) is 0 Å². The second-order valence-corrected chi connectivity index (χ2v) is 3.75. The van der Waals surface area contributed by atoms with Gasteiger partial charge in [-0.05, 0) is 25.3 Å². The number of hydrogen-bond acceptors (Lipinski definition) is 3. The number of carbonyl (C=O) groups excluding carboxylic acids is 1. The molecule has 102 valence electrons. The van der Waals surface area contributed by atoms with E-state index in [4.69, 9.17) is 14.6 Å². The highest BCUT2D eigenvalue weighted by Gasteiger charge is 1.94. The lowest BCUT2D eigenvalue weighted by Crippen LogP contribution is -2.01. The SMILES string of the molecule is C=CC(=C)CCC=C(C)COC(C)=O.CC(=O)O. The van der Waals surface area contributed by atoms with E-state index in [2.05, 4.69) is 19.2 Å². The zero-order valence-electron chi connectivity index (χ0n) is 11.4. The second kappa shape index (κ2) is 11.6. The van der Waals surface area contributed by atoms with Gasteiger partial charge in [0.1, 0.15) is 6.61 Å². The summed E-state index contributed by atoms with van der Waals surface area (Å²) in [4.78, 5) is 19.5. The molecule has 0 bridgehead atoms. The fourth-order valence-corrected chi connectivity index (χ4v) is 0.880. The van der Waals surface area contributed by atoms with Crippen LogP contribution in [-0.2, 0) is 14.3 Å². The van der Waals surface area contributed by atoms with Crippen LogP contribution in [0.4, 0.5) is 0 Å². The van der Waals surface area contributed by atoms with Crippen molar-refractivity contribution >= 4 is 11.9 Å². The van der Waals surface area contributed by atoms with Gasteiger partial charge >= 0.3 is 5.97 Å². The molecule has 0 heterocycles. The van der Waals surface area contributed by atoms with E-state index in [1.807, 2.05) is 6.92 Å². The summed E-state index contributed by atoms with van der Waals surface area (Å²) in [5.74, 6) is -1.08. The second-order valence-electron chi connectivity index (χ2n) is 3.75. The third kappa shape index (κ3) is 19.7. The summed E-state index contributed by atoms with van der Waals surface area (Å²) in [5.41, 5.74) is 2.10. The van der Waals surface area contributed by atoms with E-state index in [-0.39, 0.29) is 5.97 Å². The zero-order valence-corrected chi connectivity index (χ0v) is 11.4. The molecule has 0 saturated heterocycles. The van der Waals surface area contributed by atoms with Crippen molar-refractivity contribution in [2.24, 2.45) is 0 Å². The number of hydrogen-bond donors (Lipinski definition) is 1. The Morgan fingerprint density at radius 2 is 1.78 bits per heavy atom. The number of carboxylic acid groups (broad SMARTS) is 1. The Bertz CT molecular complexity index is 323. The predicted molar refractivity (Wildman–Crippen MR) is 72.3 cm³/mol. The summed E-state index contributed by atoms with van der Waals surface area (Å²) in [6.07, 6.45) is 5.63. The number of esters is 1. The molecule has 0 atom stereocenters. The predicted octanol–water partition coefficient (Wildman–Crippen LogP) is 3.11. The van der Waals surface area contributed by atoms with Crippen LogP contribution >= 0.6 is 0 Å². The van der Waals surface area contributed by atoms with Crippen LogP contribution in [0.3, 0.4) is 0 Å². The maximum Gasteiger partial charge on any atom is 0.302 e. The Balaban J connectivity index is 0. The number of carbonyl (C=O) groups is 2. The molecule has 1 N–H and O–H groups in total. The van der Waals surface area contributed by atoms with Crippen LogP contribution in [0, 0.1) is 0 Å². The van der Waals surface area contributed by atoms with Crippen molar-refractivity contribution in [3.63, 3.8) is 0 Å². The zero-order chi connectivity index (χ0) is 14.6. The molecular formula is C14H22O4. The molecule has 0 aliphatic rings. The Labute approximate surface area is 109 Å². The van der Waals surface area contributed by atoms with E-state index in [1.165, 1.54) is 6.92 Å². The van der Waals surface area contributed by atoms with Crippen molar-refractivity contribution in [1.29, 1.82) is 0 Å². The fraction of sp³-hybridized carbons (Fsp3) is 0.429. The van der Waals surface area contributed by atoms with Gasteiger partial charge in [-0.15, -0.1) is 0 Å². The highest BCUT2D eigenvalue weighted by Crippen LogP contribution is 2.06. The first-order valence-electron chi connectivity index (χ1n) is 5.58. The molecule has 0 fully saturated rings. The quantitative estimate of drug-likeness (QED) is 0.449. The van der Waals surface area contributed by atoms with E-state index in [0.29, 0.717) is 6.61 Å². The average molecular weight is 254 g/mol. The van der Waals surface area contributed by atoms with E-state index in [0.717, 1.165) is 30.9 Å². The average Bonchev–Trinajstić information content (AvgIpc) is 2.25. The van der Waals surface area contributed by atoms with E-state index in [1.54, 1.807) is 6.08 Å². The van der Waals surface area contributed by atoms with Crippen molar-refractivity contribution < 1.29 is 19.4 Å². The molecule has 0 spiro atoms. The number of rotatable bonds is 6. The van der Waals surface area contributed by atoms with Gasteiger partial charge in [-0.25, -0.2) is 0 Å². The highest BCUT2D eigenvalue weighted by atomic mass is 16.5. The lowest BCUT2D eigenvalue weighted by molar-refractivity contribution is -0.140. The number of ether oxygens (including phenoxy) is 1. The topological polar surface area (TPSA) is 63.6 Å². The van der Waals surface area contributed by atoms with Crippen LogP contribution in [-0.4, -0.2) is 23.7 Å². The molecule has 4 heteroatoms. The Morgan fingerprint density at radius 1 is 1.28 bits per heavy atom. The molecule has 0 aromatic carbocycles. The summed E-state index contributed by atoms with van der Waals surface area (Å²) in [6.45, 7) is 12.3. The monoisotopic (exact) mass is 254 g/mol. The van der Waals surface area contributed by atoms with Gasteiger partial charge in [-0.1, -0.05) is 30.9 Å². The largest absolute Gasteiger partial charge is 0.481 e. The van der Waals surface area contributed by atoms with Gasteiger partial charge in [0, 0.05) is 13.8 Å². The number of allylic oxidation sites excluding steroid dienone is 3. The van der Waals surface area contributed by atoms with Gasteiger partial charge in [0.2, 0.25) is 0 Å². The number of carboxylic acids is 1. The summed E-state index contributed by atoms with van der Waals surface area (Å²) in [7, 11) is 0. The van der Waals surface area contributed by atoms with Gasteiger partial charge in [-0.2, -0.15) is 0 Å². The van der Waals surface area contributed by atoms with Gasteiger partial charge in [-0.3, -0.25) is 9.59 Å². The lowest BCUT2D eigenvalue weighted by Gasteiger charge is -2.02. The van der Waals surface area contributed by atoms with Crippen molar-refractivity contribution in [2.45, 2.75) is 33.6 Å². The minimum atomic E-state index is -0.833. The molecule has 0 aromatic rings. The molecule has 0 amide bonds. The van der Waals surface area contributed by atoms with E-state index in [9.17, 15) is 4.79 Å². The summed E-state index contributed by atoms with van der Waals surface area (Å²) >= 11 is 0. The van der Waals surface area contributed by atoms with Gasteiger partial charge < -0.3 is 9.84 Å². The van der Waals surface area contributed by atoms with Crippen molar-refractivity contribution in [3.05, 3.63) is 36.5 Å². The summed E-state index contributed by atoms with van der Waals surface area (Å²) < 4.78 is 4.84. The Morgan fingerprint density at radius 3 is 2.17 bits per heavy atom. The molecule has 18 heavy (non-hydrogen) atoms. The molecule has 4 nitrogen and oxygen atoms in total. The van der Waals surface area contributed by atoms with Crippen LogP contribution in [0.15, 0.2) is 36.5 Å². The molecular weight excluding hydrogens is 232 g/mol. The van der Waals surface area contributed by atoms with Gasteiger partial charge in [0.15, 0.2) is 0 Å². The highest BCUT2D eigenvalue weighted by molar-refractivity contribution is 5.66. The lowest BCUT2D eigenvalue weighted by atomic mass is 10.1. The minimum absolute atomic E-state index is 0.242. The molecule has 0 saturated carbocycles. The standard InChI is InChI=1S/C12H18O2.C2H4O2/c1-5-10(2)7-6-8-11(3)9-14-12(4)13;1-2(3)4/h5,8H,1-2,6-7,9H2,3-4H3;1H3,(H,3,4). The molecule has 0 aromatic heterocycles. The van der Waals surface area contributed by atoms with Gasteiger partial charge in [0.05, 0.1) is 0 Å². The molecule has 0 aliphatic carbocycles. The minimum Gasteiger partial charge on any atom is -0.481 e. The van der Waals surface area contributed by atoms with Crippen LogP contribution in [0.2, 0.25) is 0 Å². The van der Waals surface area contributed by atoms with E-state index >= 15 is 0 Å². The van der Waals surface area contributed by atoms with Crippen LogP contribution in [0.25, 0.3) is 0 Å². The van der Waals surface area contributed by atoms with Crippen LogP contribution in [0.5, 0.6) is 0 Å². The maximum atomic E-state index is 10.5. The number of aliphatic carboxylic acids is 1. The molecule has 0 radical (unpaired) electrons. The fourth-order valence-electron chi connectivity index (χ4n) is 0.880. The third-order valence-electron chi connectivity index (χ3n) is 1.75. The summed E-state index contributed by atoms with van der Waals surface area (Å²) in [6, 6.07) is 0. The van der Waals surface area contributed by atoms with Gasteiger partial charge in [0.25, 0.3) is 5.97 Å². The summed E-state index contributed by atoms with van der Waals surface area (Å²) in [5, 5.41) is 7.42. The third-order valence-corrected chi connectivity index (χ3v) is 1.75. The van der Waals surface area contributed by atoms with Crippen LogP contribution in [0.1, 0.15) is 33.6 Å². The Hall–Kier alpha value is -1.84. The Kier molecular flexibility index (Phi) is 12.0. The maximum absolute atomic E-state index is 10.5. The molecule has 0 aliphatic heterocycles. The normalized spacial score (nSPS) is 9.83. The van der Waals surface area contributed by atoms with Crippen molar-refractivity contribution in [1.82, 2.24) is 0 Å². The van der Waals surface area contributed by atoms with E-state index < -0.39 is 5.97 Å². The molecule has 0 unspecified atom stereocenters.